The lowest BCUT2D eigenvalue weighted by Crippen LogP contribution is -2.59. The molecule has 0 atom stereocenters. The number of piperidine rings is 1. The molecule has 0 bridgehead atoms. The lowest BCUT2D eigenvalue weighted by molar-refractivity contribution is -0.163. The molecule has 5 heteroatoms. The van der Waals surface area contributed by atoms with Crippen LogP contribution in [0, 0.1) is 6.92 Å². The molecule has 2 aliphatic heterocycles. The van der Waals surface area contributed by atoms with Crippen molar-refractivity contribution in [2.75, 3.05) is 32.8 Å². The van der Waals surface area contributed by atoms with Crippen LogP contribution in [0.2, 0.25) is 0 Å². The van der Waals surface area contributed by atoms with Crippen LogP contribution < -0.4 is 0 Å². The molecule has 1 amide bonds. The zero-order valence-corrected chi connectivity index (χ0v) is 15.7. The van der Waals surface area contributed by atoms with E-state index in [0.717, 1.165) is 45.5 Å². The van der Waals surface area contributed by atoms with Crippen LogP contribution in [0.25, 0.3) is 0 Å². The highest BCUT2D eigenvalue weighted by molar-refractivity contribution is 5.86. The summed E-state index contributed by atoms with van der Waals surface area (Å²) in [5.41, 5.74) is 0.851. The van der Waals surface area contributed by atoms with Crippen LogP contribution in [0.3, 0.4) is 0 Å². The third-order valence-electron chi connectivity index (χ3n) is 6.35. The molecule has 142 valence electrons. The van der Waals surface area contributed by atoms with E-state index in [9.17, 15) is 9.18 Å². The fourth-order valence-corrected chi connectivity index (χ4v) is 4.41. The Balaban J connectivity index is 1.34. The average molecular weight is 360 g/mol. The number of hydrogen-bond donors (Lipinski definition) is 0. The molecule has 0 aromatic heterocycles. The van der Waals surface area contributed by atoms with Crippen LogP contribution in [0.4, 0.5) is 4.39 Å². The summed E-state index contributed by atoms with van der Waals surface area (Å²) >= 11 is 0. The molecule has 4 nitrogen and oxygen atoms in total. The number of hydrogen-bond acceptors (Lipinski definition) is 3. The van der Waals surface area contributed by atoms with Crippen LogP contribution in [0.1, 0.15) is 43.2 Å². The Morgan fingerprint density at radius 1 is 1.12 bits per heavy atom. The molecule has 1 aromatic carbocycles. The third kappa shape index (κ3) is 3.52. The number of likely N-dealkylation sites (tertiary alicyclic amines) is 1. The standard InChI is InChI=1S/C21H29FN2O2/c1-17-3-5-18(6-4-17)15-23-13-14-26-20(16-23)9-11-24(12-10-20)19(25)21(22)7-2-8-21/h3-6H,2,7-16H2,1H3. The largest absolute Gasteiger partial charge is 0.372 e. The van der Waals surface area contributed by atoms with Gasteiger partial charge in [-0.2, -0.15) is 0 Å². The summed E-state index contributed by atoms with van der Waals surface area (Å²) in [7, 11) is 0. The molecular weight excluding hydrogens is 331 g/mol. The van der Waals surface area contributed by atoms with Crippen molar-refractivity contribution >= 4 is 5.91 Å². The van der Waals surface area contributed by atoms with Gasteiger partial charge in [-0.1, -0.05) is 29.8 Å². The van der Waals surface area contributed by atoms with E-state index in [1.165, 1.54) is 11.1 Å². The first-order chi connectivity index (χ1) is 12.5. The molecule has 3 fully saturated rings. The van der Waals surface area contributed by atoms with Crippen LogP contribution in [0.5, 0.6) is 0 Å². The first-order valence-corrected chi connectivity index (χ1v) is 9.88. The Kier molecular flexibility index (Phi) is 4.78. The van der Waals surface area contributed by atoms with Gasteiger partial charge in [-0.05, 0) is 44.6 Å². The number of ether oxygens (including phenoxy) is 1. The number of aryl methyl sites for hydroxylation is 1. The fraction of sp³-hybridized carbons (Fsp3) is 0.667. The summed E-state index contributed by atoms with van der Waals surface area (Å²) in [6.45, 7) is 6.82. The van der Waals surface area contributed by atoms with Gasteiger partial charge in [0.05, 0.1) is 12.2 Å². The monoisotopic (exact) mass is 360 g/mol. The van der Waals surface area contributed by atoms with E-state index in [1.54, 1.807) is 4.90 Å². The maximum Gasteiger partial charge on any atom is 0.260 e. The van der Waals surface area contributed by atoms with Crippen molar-refractivity contribution < 1.29 is 13.9 Å². The molecule has 0 N–H and O–H groups in total. The maximum atomic E-state index is 14.4. The van der Waals surface area contributed by atoms with E-state index in [-0.39, 0.29) is 11.5 Å². The first-order valence-electron chi connectivity index (χ1n) is 9.88. The topological polar surface area (TPSA) is 32.8 Å². The van der Waals surface area contributed by atoms with Crippen LogP contribution >= 0.6 is 0 Å². The van der Waals surface area contributed by atoms with E-state index in [1.807, 2.05) is 0 Å². The van der Waals surface area contributed by atoms with Gasteiger partial charge in [-0.25, -0.2) is 4.39 Å². The number of morpholine rings is 1. The number of nitrogens with zero attached hydrogens (tertiary/aromatic N) is 2. The minimum Gasteiger partial charge on any atom is -0.372 e. The molecule has 2 saturated heterocycles. The van der Waals surface area contributed by atoms with Gasteiger partial charge < -0.3 is 9.64 Å². The van der Waals surface area contributed by atoms with Crippen LogP contribution in [-0.4, -0.2) is 59.8 Å². The predicted octanol–water partition coefficient (Wildman–Crippen LogP) is 3.08. The molecule has 1 aromatic rings. The lowest BCUT2D eigenvalue weighted by atomic mass is 9.80. The predicted molar refractivity (Wildman–Crippen MR) is 98.6 cm³/mol. The second-order valence-corrected chi connectivity index (χ2v) is 8.34. The average Bonchev–Trinajstić information content (AvgIpc) is 2.62. The SMILES string of the molecule is Cc1ccc(CN2CCOC3(CCN(C(=O)C4(F)CCC4)CC3)C2)cc1. The second kappa shape index (κ2) is 6.93. The normalized spacial score (nSPS) is 25.1. The third-order valence-corrected chi connectivity index (χ3v) is 6.35. The zero-order chi connectivity index (χ0) is 18.2. The Labute approximate surface area is 155 Å². The second-order valence-electron chi connectivity index (χ2n) is 8.34. The summed E-state index contributed by atoms with van der Waals surface area (Å²) in [5, 5.41) is 0. The highest BCUT2D eigenvalue weighted by atomic mass is 19.1. The van der Waals surface area contributed by atoms with Gasteiger partial charge in [0.25, 0.3) is 5.91 Å². The Hall–Kier alpha value is -1.46. The molecule has 1 aliphatic carbocycles. The van der Waals surface area contributed by atoms with Gasteiger partial charge in [-0.3, -0.25) is 9.69 Å². The van der Waals surface area contributed by atoms with E-state index in [0.29, 0.717) is 25.9 Å². The number of rotatable bonds is 3. The smallest absolute Gasteiger partial charge is 0.260 e. The molecule has 2 heterocycles. The molecule has 3 aliphatic rings. The molecule has 0 unspecified atom stereocenters. The quantitative estimate of drug-likeness (QED) is 0.830. The molecular formula is C21H29FN2O2. The number of carbonyl (C=O) groups excluding carboxylic acids is 1. The Bertz CT molecular complexity index is 648. The molecule has 4 rings (SSSR count). The first kappa shape index (κ1) is 17.9. The summed E-state index contributed by atoms with van der Waals surface area (Å²) in [6.07, 6.45) is 3.23. The molecule has 0 radical (unpaired) electrons. The van der Waals surface area contributed by atoms with Crippen LogP contribution in [0.15, 0.2) is 24.3 Å². The highest BCUT2D eigenvalue weighted by Gasteiger charge is 2.49. The summed E-state index contributed by atoms with van der Waals surface area (Å²) in [4.78, 5) is 16.6. The van der Waals surface area contributed by atoms with Gasteiger partial charge >= 0.3 is 0 Å². The van der Waals surface area contributed by atoms with Crippen molar-refractivity contribution in [1.82, 2.24) is 9.80 Å². The van der Waals surface area contributed by atoms with E-state index >= 15 is 0 Å². The summed E-state index contributed by atoms with van der Waals surface area (Å²) in [6, 6.07) is 8.70. The number of amides is 1. The van der Waals surface area contributed by atoms with Crippen molar-refractivity contribution in [3.05, 3.63) is 35.4 Å². The van der Waals surface area contributed by atoms with Crippen molar-refractivity contribution in [3.8, 4) is 0 Å². The number of alkyl halides is 1. The van der Waals surface area contributed by atoms with Gasteiger partial charge in [0.15, 0.2) is 5.67 Å². The zero-order valence-electron chi connectivity index (χ0n) is 15.7. The Morgan fingerprint density at radius 2 is 1.81 bits per heavy atom. The number of benzene rings is 1. The lowest BCUT2D eigenvalue weighted by Gasteiger charge is -2.48. The van der Waals surface area contributed by atoms with Crippen LogP contribution in [-0.2, 0) is 16.1 Å². The fourth-order valence-electron chi connectivity index (χ4n) is 4.41. The summed E-state index contributed by atoms with van der Waals surface area (Å²) < 4.78 is 20.6. The molecule has 26 heavy (non-hydrogen) atoms. The molecule has 1 spiro atoms. The van der Waals surface area contributed by atoms with E-state index in [4.69, 9.17) is 4.74 Å². The minimum absolute atomic E-state index is 0.178. The maximum absolute atomic E-state index is 14.4. The van der Waals surface area contributed by atoms with Gasteiger partial charge in [0.2, 0.25) is 0 Å². The highest BCUT2D eigenvalue weighted by Crippen LogP contribution is 2.39. The van der Waals surface area contributed by atoms with E-state index in [2.05, 4.69) is 36.1 Å². The van der Waals surface area contributed by atoms with Gasteiger partial charge in [0, 0.05) is 32.7 Å². The van der Waals surface area contributed by atoms with Crippen molar-refractivity contribution in [1.29, 1.82) is 0 Å². The van der Waals surface area contributed by atoms with E-state index < -0.39 is 5.67 Å². The minimum atomic E-state index is -1.57. The van der Waals surface area contributed by atoms with Crippen molar-refractivity contribution in [3.63, 3.8) is 0 Å². The number of carbonyl (C=O) groups is 1. The van der Waals surface area contributed by atoms with Crippen molar-refractivity contribution in [2.24, 2.45) is 0 Å². The summed E-state index contributed by atoms with van der Waals surface area (Å²) in [5.74, 6) is -0.286. The molecule has 1 saturated carbocycles. The van der Waals surface area contributed by atoms with Gasteiger partial charge in [0.1, 0.15) is 0 Å². The number of halogens is 1. The van der Waals surface area contributed by atoms with Gasteiger partial charge in [-0.15, -0.1) is 0 Å². The Morgan fingerprint density at radius 3 is 2.42 bits per heavy atom. The van der Waals surface area contributed by atoms with Crippen molar-refractivity contribution in [2.45, 2.75) is 56.8 Å².